The number of aryl methyl sites for hydroxylation is 1. The van der Waals surface area contributed by atoms with Gasteiger partial charge in [0.25, 0.3) is 6.01 Å². The van der Waals surface area contributed by atoms with E-state index in [0.29, 0.717) is 86.2 Å². The first kappa shape index (κ1) is 28.2. The van der Waals surface area contributed by atoms with E-state index in [1.54, 1.807) is 6.07 Å². The van der Waals surface area contributed by atoms with Gasteiger partial charge in [0, 0.05) is 31.7 Å². The number of benzene rings is 1. The molecule has 0 saturated heterocycles. The van der Waals surface area contributed by atoms with Crippen molar-refractivity contribution >= 4 is 39.9 Å². The molecule has 1 aromatic carbocycles. The Bertz CT molecular complexity index is 1360. The zero-order valence-electron chi connectivity index (χ0n) is 22.2. The molecule has 3 aromatic heterocycles. The molecule has 0 aliphatic carbocycles. The number of ether oxygens (including phenoxy) is 3. The van der Waals surface area contributed by atoms with Crippen LogP contribution in [0.15, 0.2) is 28.9 Å². The average Bonchev–Trinajstić information content (AvgIpc) is 3.49. The Hall–Kier alpha value is -3.81. The molecule has 0 radical (unpaired) electrons. The molecule has 3 heterocycles. The van der Waals surface area contributed by atoms with E-state index in [1.807, 2.05) is 16.8 Å². The van der Waals surface area contributed by atoms with Gasteiger partial charge in [-0.1, -0.05) is 6.92 Å². The van der Waals surface area contributed by atoms with E-state index in [2.05, 4.69) is 27.2 Å². The molecule has 0 spiro atoms. The lowest BCUT2D eigenvalue weighted by atomic mass is 10.1. The second kappa shape index (κ2) is 14.4. The van der Waals surface area contributed by atoms with E-state index in [1.165, 1.54) is 6.33 Å². The molecule has 0 atom stereocenters. The van der Waals surface area contributed by atoms with Crippen LogP contribution in [0.25, 0.3) is 33.4 Å². The van der Waals surface area contributed by atoms with Gasteiger partial charge in [0.1, 0.15) is 23.4 Å². The van der Waals surface area contributed by atoms with Gasteiger partial charge in [-0.2, -0.15) is 10.1 Å². The monoisotopic (exact) mass is 540 g/mol. The van der Waals surface area contributed by atoms with Crippen LogP contribution in [0.2, 0.25) is 0 Å². The van der Waals surface area contributed by atoms with Crippen LogP contribution in [0.1, 0.15) is 32.6 Å². The van der Waals surface area contributed by atoms with Crippen molar-refractivity contribution in [3.05, 3.63) is 24.5 Å². The molecule has 13 nitrogen and oxygen atoms in total. The van der Waals surface area contributed by atoms with Crippen molar-refractivity contribution in [2.75, 3.05) is 57.7 Å². The third-order valence-corrected chi connectivity index (χ3v) is 5.92. The average molecular weight is 541 g/mol. The zero-order valence-corrected chi connectivity index (χ0v) is 22.2. The van der Waals surface area contributed by atoms with Crippen molar-refractivity contribution in [1.82, 2.24) is 30.0 Å². The second-order valence-electron chi connectivity index (χ2n) is 8.91. The zero-order chi connectivity index (χ0) is 27.5. The van der Waals surface area contributed by atoms with Gasteiger partial charge >= 0.3 is 0 Å². The topological polar surface area (TPSA) is 178 Å². The van der Waals surface area contributed by atoms with E-state index in [9.17, 15) is 4.79 Å². The lowest BCUT2D eigenvalue weighted by Crippen LogP contribution is -2.26. The number of amides is 1. The van der Waals surface area contributed by atoms with Gasteiger partial charge in [0.05, 0.1) is 38.4 Å². The number of rotatable bonds is 17. The van der Waals surface area contributed by atoms with Crippen LogP contribution in [0, 0.1) is 0 Å². The number of nitrogens with zero attached hydrogens (tertiary/aromatic N) is 5. The number of nitrogen functional groups attached to an aromatic ring is 2. The Balaban J connectivity index is 1.20. The van der Waals surface area contributed by atoms with Crippen LogP contribution >= 0.6 is 0 Å². The lowest BCUT2D eigenvalue weighted by molar-refractivity contribution is -0.122. The number of oxazole rings is 1. The van der Waals surface area contributed by atoms with E-state index in [-0.39, 0.29) is 11.9 Å². The molecule has 4 rings (SSSR count). The van der Waals surface area contributed by atoms with Crippen LogP contribution in [-0.2, 0) is 25.5 Å². The van der Waals surface area contributed by atoms with Crippen molar-refractivity contribution in [2.24, 2.45) is 0 Å². The molecule has 0 fully saturated rings. The maximum Gasteiger partial charge on any atom is 0.292 e. The van der Waals surface area contributed by atoms with E-state index < -0.39 is 0 Å². The van der Waals surface area contributed by atoms with Crippen molar-refractivity contribution in [3.63, 3.8) is 0 Å². The molecular formula is C26H36N8O5. The lowest BCUT2D eigenvalue weighted by Gasteiger charge is -2.07. The third kappa shape index (κ3) is 7.85. The van der Waals surface area contributed by atoms with Gasteiger partial charge in [-0.05, 0) is 37.5 Å². The van der Waals surface area contributed by atoms with Crippen molar-refractivity contribution in [1.29, 1.82) is 0 Å². The Kier molecular flexibility index (Phi) is 10.4. The summed E-state index contributed by atoms with van der Waals surface area (Å²) in [7, 11) is 0. The van der Waals surface area contributed by atoms with Crippen molar-refractivity contribution < 1.29 is 23.4 Å². The Morgan fingerprint density at radius 1 is 1.03 bits per heavy atom. The first-order valence-corrected chi connectivity index (χ1v) is 13.2. The Morgan fingerprint density at radius 3 is 2.59 bits per heavy atom. The molecule has 5 N–H and O–H groups in total. The normalized spacial score (nSPS) is 11.5. The molecule has 0 aliphatic rings. The number of nitrogens with two attached hydrogens (primary N) is 2. The maximum absolute atomic E-state index is 12.1. The number of carbonyl (C=O) groups excluding carboxylic acids is 1. The highest BCUT2D eigenvalue weighted by Gasteiger charge is 2.18. The number of hydrogen-bond acceptors (Lipinski definition) is 11. The summed E-state index contributed by atoms with van der Waals surface area (Å²) in [5.74, 6) is 0.308. The number of aromatic nitrogens is 5. The highest BCUT2D eigenvalue weighted by molar-refractivity contribution is 5.99. The van der Waals surface area contributed by atoms with Gasteiger partial charge in [-0.25, -0.2) is 14.6 Å². The second-order valence-corrected chi connectivity index (χ2v) is 8.91. The predicted octanol–water partition coefficient (Wildman–Crippen LogP) is 2.55. The summed E-state index contributed by atoms with van der Waals surface area (Å²) >= 11 is 0. The fraction of sp³-hybridized carbons (Fsp3) is 0.500. The summed E-state index contributed by atoms with van der Waals surface area (Å²) in [6, 6.07) is 5.63. The first-order valence-electron chi connectivity index (χ1n) is 13.2. The highest BCUT2D eigenvalue weighted by atomic mass is 16.5. The molecule has 39 heavy (non-hydrogen) atoms. The summed E-state index contributed by atoms with van der Waals surface area (Å²) in [5.41, 5.74) is 15.2. The molecular weight excluding hydrogens is 504 g/mol. The minimum Gasteiger partial charge on any atom is -0.424 e. The molecule has 0 aliphatic heterocycles. The first-order chi connectivity index (χ1) is 19.1. The summed E-state index contributed by atoms with van der Waals surface area (Å²) in [6.07, 6.45) is 4.30. The molecule has 0 saturated carbocycles. The van der Waals surface area contributed by atoms with Gasteiger partial charge in [-0.3, -0.25) is 4.79 Å². The summed E-state index contributed by atoms with van der Waals surface area (Å²) in [4.78, 5) is 24.8. The number of unbranched alkanes of at least 4 members (excludes halogenated alkanes) is 1. The molecule has 13 heteroatoms. The predicted molar refractivity (Wildman–Crippen MR) is 147 cm³/mol. The van der Waals surface area contributed by atoms with Crippen LogP contribution in [0.5, 0.6) is 0 Å². The Morgan fingerprint density at radius 2 is 1.79 bits per heavy atom. The number of carbonyl (C=O) groups is 1. The van der Waals surface area contributed by atoms with Gasteiger partial charge in [0.15, 0.2) is 11.2 Å². The Labute approximate surface area is 226 Å². The molecule has 0 bridgehead atoms. The number of anilines is 2. The fourth-order valence-corrected chi connectivity index (χ4v) is 4.03. The fourth-order valence-electron chi connectivity index (χ4n) is 4.03. The van der Waals surface area contributed by atoms with Crippen LogP contribution in [-0.4, -0.2) is 76.8 Å². The smallest absolute Gasteiger partial charge is 0.292 e. The molecule has 1 amide bonds. The quantitative estimate of drug-likeness (QED) is 0.168. The van der Waals surface area contributed by atoms with E-state index in [0.717, 1.165) is 31.4 Å². The van der Waals surface area contributed by atoms with Crippen LogP contribution in [0.3, 0.4) is 0 Å². The molecule has 0 unspecified atom stereocenters. The van der Waals surface area contributed by atoms with Crippen LogP contribution < -0.4 is 16.8 Å². The van der Waals surface area contributed by atoms with E-state index >= 15 is 0 Å². The minimum atomic E-state index is -0.0416. The van der Waals surface area contributed by atoms with E-state index in [4.69, 9.17) is 35.2 Å². The van der Waals surface area contributed by atoms with Crippen molar-refractivity contribution in [2.45, 2.75) is 39.2 Å². The van der Waals surface area contributed by atoms with Gasteiger partial charge in [0.2, 0.25) is 5.91 Å². The highest BCUT2D eigenvalue weighted by Crippen LogP contribution is 2.32. The van der Waals surface area contributed by atoms with Crippen molar-refractivity contribution in [3.8, 4) is 11.3 Å². The summed E-state index contributed by atoms with van der Waals surface area (Å²) in [6.45, 7) is 6.42. The third-order valence-electron chi connectivity index (χ3n) is 5.92. The van der Waals surface area contributed by atoms with Gasteiger partial charge < -0.3 is 35.4 Å². The maximum atomic E-state index is 12.1. The summed E-state index contributed by atoms with van der Waals surface area (Å²) in [5, 5.41) is 8.39. The van der Waals surface area contributed by atoms with Crippen LogP contribution in [0.4, 0.5) is 11.8 Å². The van der Waals surface area contributed by atoms with Gasteiger partial charge in [-0.15, -0.1) is 0 Å². The number of nitrogens with one attached hydrogen (secondary N) is 1. The summed E-state index contributed by atoms with van der Waals surface area (Å²) < 4.78 is 23.4. The standard InChI is InChI=1S/C26H36N8O5/c1-2-10-36-12-14-38-15-13-37-11-7-21(35)29-8-3-4-9-34-25-22(24(27)30-17-31-25)23(33-34)18-5-6-20-19(16-18)32-26(28)39-20/h5-6,16-17H,2-4,7-15H2,1H3,(H2,28,32)(H,29,35)(H2,27,30,31). The minimum absolute atomic E-state index is 0.0416. The SMILES string of the molecule is CCCOCCOCCOCCC(=O)NCCCCn1nc(-c2ccc3oc(N)nc3c2)c2c(N)ncnc21. The number of hydrogen-bond donors (Lipinski definition) is 3. The largest absolute Gasteiger partial charge is 0.424 e. The molecule has 4 aromatic rings. The number of fused-ring (bicyclic) bond motifs is 2. The molecule has 210 valence electrons.